The van der Waals surface area contributed by atoms with E-state index in [1.54, 1.807) is 6.92 Å². The first kappa shape index (κ1) is 21.5. The molecule has 0 heterocycles. The van der Waals surface area contributed by atoms with Crippen molar-refractivity contribution in [3.63, 3.8) is 0 Å². The van der Waals surface area contributed by atoms with Crippen LogP contribution in [-0.4, -0.2) is 24.6 Å². The molecule has 132 valence electrons. The number of amides is 1. The summed E-state index contributed by atoms with van der Waals surface area (Å²) in [6, 6.07) is 4.39. The second-order valence-corrected chi connectivity index (χ2v) is 5.29. The summed E-state index contributed by atoms with van der Waals surface area (Å²) in [5.41, 5.74) is 4.20. The van der Waals surface area contributed by atoms with E-state index < -0.39 is 17.3 Å². The molecule has 0 saturated heterocycles. The van der Waals surface area contributed by atoms with Crippen LogP contribution in [0.2, 0.25) is 0 Å². The van der Waals surface area contributed by atoms with Crippen LogP contribution in [0.25, 0.3) is 0 Å². The van der Waals surface area contributed by atoms with Crippen LogP contribution in [0.5, 0.6) is 5.75 Å². The van der Waals surface area contributed by atoms with Crippen molar-refractivity contribution < 1.29 is 22.7 Å². The van der Waals surface area contributed by atoms with Gasteiger partial charge < -0.3 is 15.8 Å². The fourth-order valence-corrected chi connectivity index (χ4v) is 1.91. The van der Waals surface area contributed by atoms with Crippen LogP contribution < -0.4 is 15.8 Å². The van der Waals surface area contributed by atoms with Gasteiger partial charge in [0.05, 0.1) is 17.6 Å². The average Bonchev–Trinajstić information content (AvgIpc) is 2.42. The Morgan fingerprint density at radius 1 is 1.26 bits per heavy atom. The lowest BCUT2D eigenvalue weighted by Crippen LogP contribution is -2.52. The maximum Gasteiger partial charge on any atom is 0.416 e. The number of rotatable bonds is 7. The van der Waals surface area contributed by atoms with Gasteiger partial charge in [-0.15, -0.1) is 12.4 Å². The minimum Gasteiger partial charge on any atom is -0.492 e. The Kier molecular flexibility index (Phi) is 8.41. The minimum absolute atomic E-state index is 0. The van der Waals surface area contributed by atoms with Crippen LogP contribution in [0.3, 0.4) is 0 Å². The molecule has 0 aliphatic heterocycles. The standard InChI is InChI=1S/C15H21F3N2O2.ClH/c1-3-8-14(2,19)13(21)20-9-10-22-12-6-4-11(5-7-12)15(16,17)18;/h4-7H,3,8-10,19H2,1-2H3,(H,20,21);1H. The predicted molar refractivity (Wildman–Crippen MR) is 84.7 cm³/mol. The summed E-state index contributed by atoms with van der Waals surface area (Å²) >= 11 is 0. The van der Waals surface area contributed by atoms with E-state index in [-0.39, 0.29) is 31.5 Å². The van der Waals surface area contributed by atoms with Crippen LogP contribution in [0.4, 0.5) is 13.2 Å². The second-order valence-electron chi connectivity index (χ2n) is 5.29. The molecule has 0 bridgehead atoms. The topological polar surface area (TPSA) is 64.4 Å². The van der Waals surface area contributed by atoms with Crippen LogP contribution in [0, 0.1) is 0 Å². The monoisotopic (exact) mass is 354 g/mol. The molecule has 1 aromatic rings. The SMILES string of the molecule is CCCC(C)(N)C(=O)NCCOc1ccc(C(F)(F)F)cc1.Cl. The van der Waals surface area contributed by atoms with E-state index in [0.717, 1.165) is 18.6 Å². The highest BCUT2D eigenvalue weighted by Crippen LogP contribution is 2.30. The molecule has 4 nitrogen and oxygen atoms in total. The molecule has 3 N–H and O–H groups in total. The Labute approximate surface area is 140 Å². The van der Waals surface area contributed by atoms with E-state index in [4.69, 9.17) is 10.5 Å². The summed E-state index contributed by atoms with van der Waals surface area (Å²) in [4.78, 5) is 11.8. The van der Waals surface area contributed by atoms with Crippen molar-refractivity contribution in [1.29, 1.82) is 0 Å². The average molecular weight is 355 g/mol. The number of halogens is 4. The molecule has 0 radical (unpaired) electrons. The lowest BCUT2D eigenvalue weighted by Gasteiger charge is -2.22. The quantitative estimate of drug-likeness (QED) is 0.739. The van der Waals surface area contributed by atoms with Gasteiger partial charge in [0.2, 0.25) is 5.91 Å². The fourth-order valence-electron chi connectivity index (χ4n) is 1.91. The normalized spacial score (nSPS) is 13.7. The molecule has 23 heavy (non-hydrogen) atoms. The molecule has 1 rings (SSSR count). The van der Waals surface area contributed by atoms with E-state index in [2.05, 4.69) is 5.32 Å². The van der Waals surface area contributed by atoms with Gasteiger partial charge in [-0.3, -0.25) is 4.79 Å². The number of nitrogens with two attached hydrogens (primary N) is 1. The maximum atomic E-state index is 12.4. The number of alkyl halides is 3. The fraction of sp³-hybridized carbons (Fsp3) is 0.533. The highest BCUT2D eigenvalue weighted by molar-refractivity contribution is 5.85. The zero-order valence-corrected chi connectivity index (χ0v) is 13.9. The Hall–Kier alpha value is -1.47. The second kappa shape index (κ2) is 8.98. The number of hydrogen-bond acceptors (Lipinski definition) is 3. The third-order valence-corrected chi connectivity index (χ3v) is 3.13. The first-order valence-corrected chi connectivity index (χ1v) is 7.04. The molecule has 1 atom stereocenters. The summed E-state index contributed by atoms with van der Waals surface area (Å²) in [6.07, 6.45) is -3.00. The van der Waals surface area contributed by atoms with Crippen LogP contribution in [-0.2, 0) is 11.0 Å². The zero-order chi connectivity index (χ0) is 16.8. The van der Waals surface area contributed by atoms with Gasteiger partial charge in [0, 0.05) is 0 Å². The first-order chi connectivity index (χ1) is 10.2. The van der Waals surface area contributed by atoms with Gasteiger partial charge >= 0.3 is 6.18 Å². The number of nitrogens with one attached hydrogen (secondary N) is 1. The van der Waals surface area contributed by atoms with Crippen molar-refractivity contribution in [3.8, 4) is 5.75 Å². The minimum atomic E-state index is -4.36. The predicted octanol–water partition coefficient (Wildman–Crippen LogP) is 3.14. The Morgan fingerprint density at radius 3 is 2.30 bits per heavy atom. The lowest BCUT2D eigenvalue weighted by molar-refractivity contribution is -0.137. The van der Waals surface area contributed by atoms with Gasteiger partial charge in [-0.1, -0.05) is 13.3 Å². The summed E-state index contributed by atoms with van der Waals surface area (Å²) in [5.74, 6) is 0.0386. The van der Waals surface area contributed by atoms with Crippen LogP contribution in [0.1, 0.15) is 32.3 Å². The van der Waals surface area contributed by atoms with Gasteiger partial charge in [0.1, 0.15) is 12.4 Å². The van der Waals surface area contributed by atoms with E-state index in [0.29, 0.717) is 12.2 Å². The molecule has 0 saturated carbocycles. The van der Waals surface area contributed by atoms with Crippen LogP contribution >= 0.6 is 12.4 Å². The molecule has 1 aromatic carbocycles. The number of carbonyl (C=O) groups excluding carboxylic acids is 1. The highest BCUT2D eigenvalue weighted by atomic mass is 35.5. The third-order valence-electron chi connectivity index (χ3n) is 3.13. The van der Waals surface area contributed by atoms with Crippen molar-refractivity contribution in [2.75, 3.05) is 13.2 Å². The molecule has 1 amide bonds. The molecule has 1 unspecified atom stereocenters. The van der Waals surface area contributed by atoms with Gasteiger partial charge in [0.25, 0.3) is 0 Å². The molecule has 0 aliphatic rings. The number of carbonyl (C=O) groups is 1. The molecular formula is C15H22ClF3N2O2. The van der Waals surface area contributed by atoms with Crippen molar-refractivity contribution in [1.82, 2.24) is 5.32 Å². The van der Waals surface area contributed by atoms with Crippen molar-refractivity contribution in [3.05, 3.63) is 29.8 Å². The van der Waals surface area contributed by atoms with E-state index in [9.17, 15) is 18.0 Å². The van der Waals surface area contributed by atoms with E-state index in [1.165, 1.54) is 12.1 Å². The van der Waals surface area contributed by atoms with Crippen molar-refractivity contribution in [2.24, 2.45) is 5.73 Å². The summed E-state index contributed by atoms with van der Waals surface area (Å²) in [6.45, 7) is 3.98. The Bertz CT molecular complexity index is 490. The molecule has 8 heteroatoms. The number of benzene rings is 1. The Balaban J connectivity index is 0.00000484. The van der Waals surface area contributed by atoms with E-state index >= 15 is 0 Å². The maximum absolute atomic E-state index is 12.4. The van der Waals surface area contributed by atoms with E-state index in [1.807, 2.05) is 6.92 Å². The van der Waals surface area contributed by atoms with Gasteiger partial charge in [-0.2, -0.15) is 13.2 Å². The molecule has 0 aliphatic carbocycles. The third kappa shape index (κ3) is 7.09. The summed E-state index contributed by atoms with van der Waals surface area (Å²) in [5, 5.41) is 2.64. The summed E-state index contributed by atoms with van der Waals surface area (Å²) < 4.78 is 42.4. The van der Waals surface area contributed by atoms with Crippen molar-refractivity contribution >= 4 is 18.3 Å². The smallest absolute Gasteiger partial charge is 0.416 e. The first-order valence-electron chi connectivity index (χ1n) is 7.04. The molecule has 0 spiro atoms. The lowest BCUT2D eigenvalue weighted by atomic mass is 9.97. The molecule has 0 fully saturated rings. The largest absolute Gasteiger partial charge is 0.492 e. The van der Waals surface area contributed by atoms with Crippen LogP contribution in [0.15, 0.2) is 24.3 Å². The molecular weight excluding hydrogens is 333 g/mol. The number of hydrogen-bond donors (Lipinski definition) is 2. The van der Waals surface area contributed by atoms with Gasteiger partial charge in [-0.25, -0.2) is 0 Å². The zero-order valence-electron chi connectivity index (χ0n) is 13.1. The molecule has 0 aromatic heterocycles. The van der Waals surface area contributed by atoms with Crippen molar-refractivity contribution in [2.45, 2.75) is 38.4 Å². The summed E-state index contributed by atoms with van der Waals surface area (Å²) in [7, 11) is 0. The number of ether oxygens (including phenoxy) is 1. The van der Waals surface area contributed by atoms with Gasteiger partial charge in [-0.05, 0) is 37.6 Å². The van der Waals surface area contributed by atoms with Gasteiger partial charge in [0.15, 0.2) is 0 Å². The highest BCUT2D eigenvalue weighted by Gasteiger charge is 2.30. The Morgan fingerprint density at radius 2 is 1.83 bits per heavy atom.